The number of thioether (sulfide) groups is 1. The van der Waals surface area contributed by atoms with Gasteiger partial charge in [-0.3, -0.25) is 0 Å². The SMILES string of the molecule is NC(CCSC(F)(F)F)=NO. The maximum atomic E-state index is 11.4. The van der Waals surface area contributed by atoms with Crippen molar-refractivity contribution in [1.82, 2.24) is 0 Å². The maximum Gasteiger partial charge on any atom is 0.441 e. The first-order valence-electron chi connectivity index (χ1n) is 2.63. The van der Waals surface area contributed by atoms with E-state index in [4.69, 9.17) is 10.9 Å². The predicted octanol–water partition coefficient (Wildman–Crippen LogP) is 1.38. The number of oxime groups is 1. The molecule has 0 aromatic rings. The summed E-state index contributed by atoms with van der Waals surface area (Å²) >= 11 is -0.195. The Kier molecular flexibility index (Phi) is 4.09. The molecule has 0 atom stereocenters. The molecular weight excluding hydrogens is 181 g/mol. The lowest BCUT2D eigenvalue weighted by atomic mass is 10.5. The summed E-state index contributed by atoms with van der Waals surface area (Å²) in [6.45, 7) is 0. The minimum absolute atomic E-state index is 0.0688. The molecule has 0 heterocycles. The first-order valence-corrected chi connectivity index (χ1v) is 3.61. The summed E-state index contributed by atoms with van der Waals surface area (Å²) in [5.74, 6) is -0.416. The minimum atomic E-state index is -4.24. The Labute approximate surface area is 65.4 Å². The van der Waals surface area contributed by atoms with Crippen molar-refractivity contribution in [3.63, 3.8) is 0 Å². The van der Waals surface area contributed by atoms with Crippen LogP contribution in [0.3, 0.4) is 0 Å². The number of halogens is 3. The summed E-state index contributed by atoms with van der Waals surface area (Å²) in [5, 5.41) is 10.5. The predicted molar refractivity (Wildman–Crippen MR) is 36.5 cm³/mol. The minimum Gasteiger partial charge on any atom is -0.409 e. The fourth-order valence-electron chi connectivity index (χ4n) is 0.321. The zero-order valence-electron chi connectivity index (χ0n) is 5.43. The molecule has 0 amide bonds. The number of amidine groups is 1. The van der Waals surface area contributed by atoms with Crippen molar-refractivity contribution < 1.29 is 18.4 Å². The van der Waals surface area contributed by atoms with E-state index in [9.17, 15) is 13.2 Å². The largest absolute Gasteiger partial charge is 0.441 e. The third kappa shape index (κ3) is 7.31. The van der Waals surface area contributed by atoms with Gasteiger partial charge in [0.2, 0.25) is 0 Å². The van der Waals surface area contributed by atoms with Gasteiger partial charge in [-0.2, -0.15) is 13.2 Å². The van der Waals surface area contributed by atoms with Crippen molar-refractivity contribution in [2.45, 2.75) is 11.9 Å². The van der Waals surface area contributed by atoms with Gasteiger partial charge in [0.05, 0.1) is 0 Å². The van der Waals surface area contributed by atoms with Gasteiger partial charge in [0.15, 0.2) is 0 Å². The van der Waals surface area contributed by atoms with Gasteiger partial charge in [0.1, 0.15) is 5.84 Å². The molecule has 11 heavy (non-hydrogen) atoms. The number of hydrogen-bond donors (Lipinski definition) is 2. The Morgan fingerprint density at radius 1 is 1.55 bits per heavy atom. The monoisotopic (exact) mass is 188 g/mol. The van der Waals surface area contributed by atoms with E-state index < -0.39 is 5.51 Å². The molecular formula is C4H7F3N2OS. The van der Waals surface area contributed by atoms with Crippen LogP contribution in [0.1, 0.15) is 6.42 Å². The van der Waals surface area contributed by atoms with Crippen molar-refractivity contribution in [3.8, 4) is 0 Å². The second-order valence-electron chi connectivity index (χ2n) is 1.64. The van der Waals surface area contributed by atoms with Crippen LogP contribution in [-0.2, 0) is 0 Å². The molecule has 0 saturated heterocycles. The van der Waals surface area contributed by atoms with Crippen LogP contribution in [0.2, 0.25) is 0 Å². The molecule has 66 valence electrons. The van der Waals surface area contributed by atoms with Crippen LogP contribution >= 0.6 is 11.8 Å². The lowest BCUT2D eigenvalue weighted by Gasteiger charge is -2.03. The number of hydrogen-bond acceptors (Lipinski definition) is 3. The first-order chi connectivity index (χ1) is 4.95. The van der Waals surface area contributed by atoms with Crippen molar-refractivity contribution in [1.29, 1.82) is 0 Å². The van der Waals surface area contributed by atoms with E-state index >= 15 is 0 Å². The summed E-state index contributed by atoms with van der Waals surface area (Å²) in [4.78, 5) is 0. The van der Waals surface area contributed by atoms with Gasteiger partial charge in [-0.1, -0.05) is 16.9 Å². The lowest BCUT2D eigenvalue weighted by Crippen LogP contribution is -2.13. The second kappa shape index (κ2) is 4.32. The van der Waals surface area contributed by atoms with Gasteiger partial charge >= 0.3 is 5.51 Å². The number of nitrogens with zero attached hydrogens (tertiary/aromatic N) is 1. The van der Waals surface area contributed by atoms with Gasteiger partial charge in [-0.05, 0) is 0 Å². The third-order valence-electron chi connectivity index (χ3n) is 0.752. The van der Waals surface area contributed by atoms with E-state index in [-0.39, 0.29) is 29.8 Å². The van der Waals surface area contributed by atoms with Crippen molar-refractivity contribution in [3.05, 3.63) is 0 Å². The van der Waals surface area contributed by atoms with Crippen molar-refractivity contribution in [2.75, 3.05) is 5.75 Å². The highest BCUT2D eigenvalue weighted by atomic mass is 32.2. The van der Waals surface area contributed by atoms with Crippen LogP contribution in [0.4, 0.5) is 13.2 Å². The van der Waals surface area contributed by atoms with Gasteiger partial charge in [0, 0.05) is 12.2 Å². The molecule has 0 spiro atoms. The Balaban J connectivity index is 3.43. The lowest BCUT2D eigenvalue weighted by molar-refractivity contribution is -0.0327. The van der Waals surface area contributed by atoms with Gasteiger partial charge < -0.3 is 10.9 Å². The number of nitrogens with two attached hydrogens (primary N) is 1. The van der Waals surface area contributed by atoms with E-state index in [1.54, 1.807) is 0 Å². The van der Waals surface area contributed by atoms with Crippen molar-refractivity contribution in [2.24, 2.45) is 10.9 Å². The molecule has 3 nitrogen and oxygen atoms in total. The Bertz CT molecular complexity index is 147. The fourth-order valence-corrected chi connectivity index (χ4v) is 0.864. The third-order valence-corrected chi connectivity index (χ3v) is 1.49. The molecule has 0 aliphatic heterocycles. The molecule has 0 fully saturated rings. The van der Waals surface area contributed by atoms with E-state index in [0.29, 0.717) is 0 Å². The van der Waals surface area contributed by atoms with Gasteiger partial charge in [-0.25, -0.2) is 0 Å². The van der Waals surface area contributed by atoms with Crippen LogP contribution in [-0.4, -0.2) is 22.3 Å². The standard InChI is InChI=1S/C4H7F3N2OS/c5-4(6,7)11-2-1-3(8)9-10/h10H,1-2H2,(H2,8,9). The first kappa shape index (κ1) is 10.4. The molecule has 0 aromatic carbocycles. The molecule has 0 aliphatic carbocycles. The van der Waals surface area contributed by atoms with Crippen LogP contribution in [0, 0.1) is 0 Å². The molecule has 0 aliphatic rings. The highest BCUT2D eigenvalue weighted by Crippen LogP contribution is 2.30. The smallest absolute Gasteiger partial charge is 0.409 e. The van der Waals surface area contributed by atoms with Crippen LogP contribution in [0.15, 0.2) is 5.16 Å². The Hall–Kier alpha value is -0.590. The average Bonchev–Trinajstić information content (AvgIpc) is 1.85. The van der Waals surface area contributed by atoms with Crippen LogP contribution in [0.5, 0.6) is 0 Å². The quantitative estimate of drug-likeness (QED) is 0.304. The van der Waals surface area contributed by atoms with Gasteiger partial charge in [0.25, 0.3) is 0 Å². The Morgan fingerprint density at radius 3 is 2.45 bits per heavy atom. The maximum absolute atomic E-state index is 11.4. The van der Waals surface area contributed by atoms with E-state index in [2.05, 4.69) is 5.16 Å². The molecule has 0 saturated carbocycles. The Morgan fingerprint density at radius 2 is 2.09 bits per heavy atom. The molecule has 7 heteroatoms. The molecule has 0 rings (SSSR count). The molecule has 0 aromatic heterocycles. The summed E-state index contributed by atoms with van der Waals surface area (Å²) in [7, 11) is 0. The zero-order chi connectivity index (χ0) is 8.91. The summed E-state index contributed by atoms with van der Waals surface area (Å²) in [6, 6.07) is 0. The van der Waals surface area contributed by atoms with Gasteiger partial charge in [-0.15, -0.1) is 0 Å². The summed E-state index contributed by atoms with van der Waals surface area (Å²) in [6.07, 6.45) is -0.0688. The number of alkyl halides is 3. The highest BCUT2D eigenvalue weighted by molar-refractivity contribution is 8.00. The second-order valence-corrected chi connectivity index (χ2v) is 2.80. The molecule has 0 radical (unpaired) electrons. The normalized spacial score (nSPS) is 13.5. The van der Waals surface area contributed by atoms with E-state index in [1.807, 2.05) is 0 Å². The van der Waals surface area contributed by atoms with Crippen LogP contribution < -0.4 is 5.73 Å². The molecule has 3 N–H and O–H groups in total. The average molecular weight is 188 g/mol. The van der Waals surface area contributed by atoms with Crippen LogP contribution in [0.25, 0.3) is 0 Å². The summed E-state index contributed by atoms with van der Waals surface area (Å²) in [5.41, 5.74) is 0.681. The van der Waals surface area contributed by atoms with Crippen molar-refractivity contribution >= 4 is 17.6 Å². The number of rotatable bonds is 3. The summed E-state index contributed by atoms with van der Waals surface area (Å²) < 4.78 is 34.3. The fraction of sp³-hybridized carbons (Fsp3) is 0.750. The zero-order valence-corrected chi connectivity index (χ0v) is 6.24. The van der Waals surface area contributed by atoms with E-state index in [1.165, 1.54) is 0 Å². The topological polar surface area (TPSA) is 58.6 Å². The van der Waals surface area contributed by atoms with E-state index in [0.717, 1.165) is 0 Å². The molecule has 0 bridgehead atoms. The molecule has 0 unspecified atom stereocenters. The highest BCUT2D eigenvalue weighted by Gasteiger charge is 2.27.